The van der Waals surface area contributed by atoms with E-state index in [2.05, 4.69) is 15.4 Å². The van der Waals surface area contributed by atoms with E-state index < -0.39 is 29.6 Å². The molecule has 0 radical (unpaired) electrons. The van der Waals surface area contributed by atoms with E-state index in [0.29, 0.717) is 5.56 Å². The summed E-state index contributed by atoms with van der Waals surface area (Å²) in [6.07, 6.45) is 3.79. The van der Waals surface area contributed by atoms with Crippen molar-refractivity contribution in [2.75, 3.05) is 13.7 Å². The van der Waals surface area contributed by atoms with E-state index in [0.717, 1.165) is 10.9 Å². The number of rotatable bonds is 6. The van der Waals surface area contributed by atoms with Crippen LogP contribution in [-0.2, 0) is 26.1 Å². The highest BCUT2D eigenvalue weighted by molar-refractivity contribution is 5.94. The van der Waals surface area contributed by atoms with Crippen LogP contribution in [-0.4, -0.2) is 41.8 Å². The lowest BCUT2D eigenvalue weighted by atomic mass is 10.1. The van der Waals surface area contributed by atoms with E-state index in [1.165, 1.54) is 19.3 Å². The Bertz CT molecular complexity index is 924. The number of nitrogens with one attached hydrogen (secondary N) is 2. The van der Waals surface area contributed by atoms with E-state index in [1.807, 2.05) is 35.9 Å². The number of amides is 2. The highest BCUT2D eigenvalue weighted by Crippen LogP contribution is 2.26. The quantitative estimate of drug-likeness (QED) is 0.573. The molecule has 8 nitrogen and oxygen atoms in total. The summed E-state index contributed by atoms with van der Waals surface area (Å²) >= 11 is 0. The molecule has 0 spiro atoms. The van der Waals surface area contributed by atoms with Gasteiger partial charge in [-0.05, 0) is 26.8 Å². The molecule has 29 heavy (non-hydrogen) atoms. The van der Waals surface area contributed by atoms with E-state index in [4.69, 9.17) is 4.74 Å². The number of para-hydroxylation sites is 1. The SMILES string of the molecule is COC(=O)/C=C/CNC(=O)[C@@H](NC(=O)OC(C)(C)C)c1cn(C)c2ccccc12. The maximum absolute atomic E-state index is 12.9. The predicted molar refractivity (Wildman–Crippen MR) is 109 cm³/mol. The van der Waals surface area contributed by atoms with Crippen LogP contribution in [0.1, 0.15) is 32.4 Å². The second kappa shape index (κ2) is 9.27. The predicted octanol–water partition coefficient (Wildman–Crippen LogP) is 2.59. The van der Waals surface area contributed by atoms with Gasteiger partial charge in [0, 0.05) is 42.3 Å². The van der Waals surface area contributed by atoms with Gasteiger partial charge in [-0.3, -0.25) is 4.79 Å². The van der Waals surface area contributed by atoms with Crippen LogP contribution in [0, 0.1) is 0 Å². The average Bonchev–Trinajstić information content (AvgIpc) is 2.98. The Morgan fingerprint density at radius 2 is 1.90 bits per heavy atom. The largest absolute Gasteiger partial charge is 0.466 e. The lowest BCUT2D eigenvalue weighted by molar-refractivity contribution is -0.134. The number of aromatic nitrogens is 1. The molecule has 1 aromatic carbocycles. The molecular formula is C21H27N3O5. The van der Waals surface area contributed by atoms with Crippen molar-refractivity contribution >= 4 is 28.9 Å². The minimum Gasteiger partial charge on any atom is -0.466 e. The molecule has 0 unspecified atom stereocenters. The molecule has 2 N–H and O–H groups in total. The third-order valence-corrected chi connectivity index (χ3v) is 4.01. The molecule has 1 aromatic heterocycles. The number of hydrogen-bond donors (Lipinski definition) is 2. The van der Waals surface area contributed by atoms with Gasteiger partial charge in [0.05, 0.1) is 7.11 Å². The molecule has 2 amide bonds. The molecule has 2 aromatic rings. The number of carbonyl (C=O) groups excluding carboxylic acids is 3. The Labute approximate surface area is 169 Å². The van der Waals surface area contributed by atoms with Crippen LogP contribution in [0.3, 0.4) is 0 Å². The van der Waals surface area contributed by atoms with Crippen molar-refractivity contribution < 1.29 is 23.9 Å². The zero-order valence-corrected chi connectivity index (χ0v) is 17.3. The van der Waals surface area contributed by atoms with Crippen LogP contribution >= 0.6 is 0 Å². The second-order valence-electron chi connectivity index (χ2n) is 7.46. The summed E-state index contributed by atoms with van der Waals surface area (Å²) in [4.78, 5) is 36.4. The molecule has 8 heteroatoms. The van der Waals surface area contributed by atoms with E-state index >= 15 is 0 Å². The van der Waals surface area contributed by atoms with Crippen molar-refractivity contribution in [3.05, 3.63) is 48.2 Å². The molecule has 156 valence electrons. The van der Waals surface area contributed by atoms with E-state index in [9.17, 15) is 14.4 Å². The van der Waals surface area contributed by atoms with E-state index in [1.54, 1.807) is 27.0 Å². The summed E-state index contributed by atoms with van der Waals surface area (Å²) < 4.78 is 11.7. The standard InChI is InChI=1S/C21H27N3O5/c1-21(2,3)29-20(27)23-18(19(26)22-12-8-11-17(25)28-5)15-13-24(4)16-10-7-6-9-14(15)16/h6-11,13,18H,12H2,1-5H3,(H,22,26)(H,23,27)/b11-8+/t18-/m0/s1. The van der Waals surface area contributed by atoms with Gasteiger partial charge in [-0.1, -0.05) is 24.3 Å². The fourth-order valence-corrected chi connectivity index (χ4v) is 2.80. The number of benzene rings is 1. The Morgan fingerprint density at radius 1 is 1.21 bits per heavy atom. The summed E-state index contributed by atoms with van der Waals surface area (Å²) in [6.45, 7) is 5.34. The van der Waals surface area contributed by atoms with Gasteiger partial charge in [0.1, 0.15) is 11.6 Å². The molecule has 0 aliphatic heterocycles. The first-order valence-corrected chi connectivity index (χ1v) is 9.18. The Morgan fingerprint density at radius 3 is 2.55 bits per heavy atom. The second-order valence-corrected chi connectivity index (χ2v) is 7.46. The monoisotopic (exact) mass is 401 g/mol. The fourth-order valence-electron chi connectivity index (χ4n) is 2.80. The number of esters is 1. The molecular weight excluding hydrogens is 374 g/mol. The van der Waals surface area contributed by atoms with Crippen LogP contribution in [0.5, 0.6) is 0 Å². The van der Waals surface area contributed by atoms with Gasteiger partial charge in [-0.15, -0.1) is 0 Å². The Hall–Kier alpha value is -3.29. The van der Waals surface area contributed by atoms with Crippen LogP contribution in [0.4, 0.5) is 4.79 Å². The molecule has 1 atom stereocenters. The molecule has 0 aliphatic carbocycles. The van der Waals surface area contributed by atoms with Crippen molar-refractivity contribution in [3.8, 4) is 0 Å². The van der Waals surface area contributed by atoms with Crippen LogP contribution in [0.15, 0.2) is 42.6 Å². The maximum atomic E-state index is 12.9. The zero-order valence-electron chi connectivity index (χ0n) is 17.3. The molecule has 1 heterocycles. The number of ether oxygens (including phenoxy) is 2. The minimum atomic E-state index is -0.970. The van der Waals surface area contributed by atoms with Gasteiger partial charge in [0.2, 0.25) is 5.91 Å². The van der Waals surface area contributed by atoms with Crippen molar-refractivity contribution in [1.82, 2.24) is 15.2 Å². The van der Waals surface area contributed by atoms with Crippen molar-refractivity contribution in [1.29, 1.82) is 0 Å². The summed E-state index contributed by atoms with van der Waals surface area (Å²) in [6, 6.07) is 6.62. The van der Waals surface area contributed by atoms with E-state index in [-0.39, 0.29) is 6.54 Å². The van der Waals surface area contributed by atoms with Crippen molar-refractivity contribution in [3.63, 3.8) is 0 Å². The van der Waals surface area contributed by atoms with Crippen LogP contribution in [0.25, 0.3) is 10.9 Å². The average molecular weight is 401 g/mol. The minimum absolute atomic E-state index is 0.102. The van der Waals surface area contributed by atoms with Gasteiger partial charge >= 0.3 is 12.1 Å². The third-order valence-electron chi connectivity index (χ3n) is 4.01. The molecule has 0 saturated carbocycles. The number of methoxy groups -OCH3 is 1. The summed E-state index contributed by atoms with van der Waals surface area (Å²) in [5.41, 5.74) is 0.868. The topological polar surface area (TPSA) is 98.7 Å². The summed E-state index contributed by atoms with van der Waals surface area (Å²) in [5.74, 6) is -0.946. The number of nitrogens with zero attached hydrogens (tertiary/aromatic N) is 1. The highest BCUT2D eigenvalue weighted by Gasteiger charge is 2.28. The van der Waals surface area contributed by atoms with Crippen LogP contribution < -0.4 is 10.6 Å². The normalized spacial score (nSPS) is 12.6. The number of fused-ring (bicyclic) bond motifs is 1. The lowest BCUT2D eigenvalue weighted by Gasteiger charge is -2.23. The fraction of sp³-hybridized carbons (Fsp3) is 0.381. The first kappa shape index (κ1) is 22.0. The van der Waals surface area contributed by atoms with Crippen LogP contribution in [0.2, 0.25) is 0 Å². The molecule has 0 aliphatic rings. The first-order chi connectivity index (χ1) is 13.6. The van der Waals surface area contributed by atoms with Gasteiger partial charge in [-0.2, -0.15) is 0 Å². The Kier molecular flexibility index (Phi) is 7.03. The first-order valence-electron chi connectivity index (χ1n) is 9.18. The number of carbonyl (C=O) groups is 3. The molecule has 0 saturated heterocycles. The lowest BCUT2D eigenvalue weighted by Crippen LogP contribution is -2.42. The van der Waals surface area contributed by atoms with Gasteiger partial charge < -0.3 is 24.7 Å². The number of hydrogen-bond acceptors (Lipinski definition) is 5. The van der Waals surface area contributed by atoms with Crippen molar-refractivity contribution in [2.24, 2.45) is 7.05 Å². The number of alkyl carbamates (subject to hydrolysis) is 1. The Balaban J connectivity index is 2.28. The molecule has 2 rings (SSSR count). The highest BCUT2D eigenvalue weighted by atomic mass is 16.6. The van der Waals surface area contributed by atoms with Gasteiger partial charge in [0.25, 0.3) is 0 Å². The smallest absolute Gasteiger partial charge is 0.408 e. The number of aryl methyl sites for hydroxylation is 1. The van der Waals surface area contributed by atoms with Gasteiger partial charge in [0.15, 0.2) is 0 Å². The van der Waals surface area contributed by atoms with Gasteiger partial charge in [-0.25, -0.2) is 9.59 Å². The zero-order chi connectivity index (χ0) is 21.6. The molecule has 0 fully saturated rings. The summed E-state index contributed by atoms with van der Waals surface area (Å²) in [7, 11) is 3.14. The summed E-state index contributed by atoms with van der Waals surface area (Å²) in [5, 5.41) is 6.19. The third kappa shape index (κ3) is 6.10. The van der Waals surface area contributed by atoms with Crippen molar-refractivity contribution in [2.45, 2.75) is 32.4 Å². The molecule has 0 bridgehead atoms. The maximum Gasteiger partial charge on any atom is 0.408 e.